The molecule has 0 saturated carbocycles. The maximum absolute atomic E-state index is 12.5. The van der Waals surface area contributed by atoms with E-state index in [-0.39, 0.29) is 11.9 Å². The fraction of sp³-hybridized carbons (Fsp3) is 0.500. The fourth-order valence-electron chi connectivity index (χ4n) is 2.83. The van der Waals surface area contributed by atoms with Gasteiger partial charge in [-0.3, -0.25) is 4.79 Å². The number of hydrogen-bond donors (Lipinski definition) is 2. The first kappa shape index (κ1) is 15.5. The van der Waals surface area contributed by atoms with Crippen molar-refractivity contribution in [3.05, 3.63) is 35.9 Å². The SMILES string of the molecule is CNC(CCc1ccccc1)C(=O)N1CCCC1C(=O)O. The van der Waals surface area contributed by atoms with Gasteiger partial charge in [0.15, 0.2) is 0 Å². The molecule has 0 bridgehead atoms. The van der Waals surface area contributed by atoms with Gasteiger partial charge in [0.05, 0.1) is 6.04 Å². The lowest BCUT2D eigenvalue weighted by Crippen LogP contribution is -2.49. The van der Waals surface area contributed by atoms with Crippen LogP contribution in [0.2, 0.25) is 0 Å². The number of carbonyl (C=O) groups excluding carboxylic acids is 1. The van der Waals surface area contributed by atoms with E-state index >= 15 is 0 Å². The number of likely N-dealkylation sites (tertiary alicyclic amines) is 1. The molecule has 5 heteroatoms. The van der Waals surface area contributed by atoms with Crippen LogP contribution in [0.15, 0.2) is 30.3 Å². The van der Waals surface area contributed by atoms with E-state index in [9.17, 15) is 14.7 Å². The Morgan fingerprint density at radius 3 is 2.71 bits per heavy atom. The van der Waals surface area contributed by atoms with Gasteiger partial charge in [-0.1, -0.05) is 30.3 Å². The molecule has 1 aliphatic rings. The highest BCUT2D eigenvalue weighted by atomic mass is 16.4. The van der Waals surface area contributed by atoms with E-state index in [1.807, 2.05) is 30.3 Å². The lowest BCUT2D eigenvalue weighted by Gasteiger charge is -2.26. The zero-order chi connectivity index (χ0) is 15.2. The van der Waals surface area contributed by atoms with Crippen molar-refractivity contribution in [1.82, 2.24) is 10.2 Å². The van der Waals surface area contributed by atoms with Gasteiger partial charge in [-0.25, -0.2) is 4.79 Å². The van der Waals surface area contributed by atoms with Crippen LogP contribution in [-0.4, -0.2) is 47.6 Å². The summed E-state index contributed by atoms with van der Waals surface area (Å²) in [5, 5.41) is 12.2. The van der Waals surface area contributed by atoms with Crippen LogP contribution in [0.5, 0.6) is 0 Å². The molecule has 1 saturated heterocycles. The monoisotopic (exact) mass is 290 g/mol. The van der Waals surface area contributed by atoms with Crippen molar-refractivity contribution in [3.8, 4) is 0 Å². The molecule has 2 unspecified atom stereocenters. The van der Waals surface area contributed by atoms with Gasteiger partial charge in [-0.05, 0) is 38.3 Å². The molecule has 1 heterocycles. The first-order chi connectivity index (χ1) is 10.1. The Hall–Kier alpha value is -1.88. The third kappa shape index (κ3) is 3.82. The number of carboxylic acids is 1. The molecule has 0 aromatic heterocycles. The zero-order valence-electron chi connectivity index (χ0n) is 12.3. The van der Waals surface area contributed by atoms with Crippen LogP contribution < -0.4 is 5.32 Å². The third-order valence-electron chi connectivity index (χ3n) is 4.03. The number of nitrogens with zero attached hydrogens (tertiary/aromatic N) is 1. The molecule has 0 spiro atoms. The van der Waals surface area contributed by atoms with Gasteiger partial charge < -0.3 is 15.3 Å². The summed E-state index contributed by atoms with van der Waals surface area (Å²) in [6.45, 7) is 0.541. The summed E-state index contributed by atoms with van der Waals surface area (Å²) in [6.07, 6.45) is 2.78. The number of amides is 1. The first-order valence-corrected chi connectivity index (χ1v) is 7.38. The average molecular weight is 290 g/mol. The molecule has 1 aliphatic heterocycles. The van der Waals surface area contributed by atoms with Gasteiger partial charge in [0.1, 0.15) is 6.04 Å². The second-order valence-electron chi connectivity index (χ2n) is 5.39. The molecule has 2 atom stereocenters. The molecule has 1 aromatic carbocycles. The minimum absolute atomic E-state index is 0.0988. The number of aliphatic carboxylic acids is 1. The van der Waals surface area contributed by atoms with Crippen molar-refractivity contribution in [3.63, 3.8) is 0 Å². The molecular formula is C16H22N2O3. The van der Waals surface area contributed by atoms with E-state index in [2.05, 4.69) is 5.32 Å². The third-order valence-corrected chi connectivity index (χ3v) is 4.03. The Balaban J connectivity index is 1.96. The second kappa shape index (κ2) is 7.22. The summed E-state index contributed by atoms with van der Waals surface area (Å²) in [4.78, 5) is 25.2. The average Bonchev–Trinajstić information content (AvgIpc) is 2.98. The largest absolute Gasteiger partial charge is 0.480 e. The van der Waals surface area contributed by atoms with E-state index in [1.54, 1.807) is 7.05 Å². The summed E-state index contributed by atoms with van der Waals surface area (Å²) in [5.41, 5.74) is 1.18. The van der Waals surface area contributed by atoms with Crippen molar-refractivity contribution in [1.29, 1.82) is 0 Å². The molecule has 1 aromatic rings. The van der Waals surface area contributed by atoms with Gasteiger partial charge in [-0.15, -0.1) is 0 Å². The molecule has 2 rings (SSSR count). The van der Waals surface area contributed by atoms with Gasteiger partial charge in [0, 0.05) is 6.54 Å². The second-order valence-corrected chi connectivity index (χ2v) is 5.39. The highest BCUT2D eigenvalue weighted by Gasteiger charge is 2.36. The Morgan fingerprint density at radius 2 is 2.10 bits per heavy atom. The van der Waals surface area contributed by atoms with E-state index in [0.717, 1.165) is 12.8 Å². The summed E-state index contributed by atoms with van der Waals surface area (Å²) in [5.74, 6) is -1.00. The number of hydrogen-bond acceptors (Lipinski definition) is 3. The smallest absolute Gasteiger partial charge is 0.326 e. The molecule has 1 fully saturated rings. The zero-order valence-corrected chi connectivity index (χ0v) is 12.3. The lowest BCUT2D eigenvalue weighted by atomic mass is 10.0. The highest BCUT2D eigenvalue weighted by molar-refractivity contribution is 5.87. The number of rotatable bonds is 6. The van der Waals surface area contributed by atoms with Crippen LogP contribution in [0.3, 0.4) is 0 Å². The minimum Gasteiger partial charge on any atom is -0.480 e. The summed E-state index contributed by atoms with van der Waals surface area (Å²) in [6, 6.07) is 9.00. The van der Waals surface area contributed by atoms with Crippen LogP contribution in [-0.2, 0) is 16.0 Å². The van der Waals surface area contributed by atoms with E-state index in [1.165, 1.54) is 10.5 Å². The predicted molar refractivity (Wildman–Crippen MR) is 80.0 cm³/mol. The van der Waals surface area contributed by atoms with Crippen molar-refractivity contribution in [2.45, 2.75) is 37.8 Å². The maximum Gasteiger partial charge on any atom is 0.326 e. The van der Waals surface area contributed by atoms with Gasteiger partial charge in [0.25, 0.3) is 0 Å². The topological polar surface area (TPSA) is 69.6 Å². The Labute approximate surface area is 125 Å². The quantitative estimate of drug-likeness (QED) is 0.828. The van der Waals surface area contributed by atoms with Crippen LogP contribution in [0.25, 0.3) is 0 Å². The Bertz CT molecular complexity index is 490. The molecule has 1 amide bonds. The number of benzene rings is 1. The van der Waals surface area contributed by atoms with E-state index in [4.69, 9.17) is 0 Å². The number of carbonyl (C=O) groups is 2. The number of aryl methyl sites for hydroxylation is 1. The standard InChI is InChI=1S/C16H22N2O3/c1-17-13(10-9-12-6-3-2-4-7-12)15(19)18-11-5-8-14(18)16(20)21/h2-4,6-7,13-14,17H,5,8-11H2,1H3,(H,20,21). The van der Waals surface area contributed by atoms with Crippen LogP contribution in [0.1, 0.15) is 24.8 Å². The molecule has 21 heavy (non-hydrogen) atoms. The Morgan fingerprint density at radius 1 is 1.38 bits per heavy atom. The summed E-state index contributed by atoms with van der Waals surface area (Å²) >= 11 is 0. The summed E-state index contributed by atoms with van der Waals surface area (Å²) in [7, 11) is 1.75. The first-order valence-electron chi connectivity index (χ1n) is 7.38. The maximum atomic E-state index is 12.5. The molecule has 0 radical (unpaired) electrons. The van der Waals surface area contributed by atoms with Gasteiger partial charge in [-0.2, -0.15) is 0 Å². The molecule has 114 valence electrons. The molecule has 2 N–H and O–H groups in total. The van der Waals surface area contributed by atoms with E-state index in [0.29, 0.717) is 19.4 Å². The van der Waals surface area contributed by atoms with E-state index < -0.39 is 12.0 Å². The predicted octanol–water partition coefficient (Wildman–Crippen LogP) is 1.28. The number of nitrogens with one attached hydrogen (secondary N) is 1. The summed E-state index contributed by atoms with van der Waals surface area (Å²) < 4.78 is 0. The number of carboxylic acid groups (broad SMARTS) is 1. The van der Waals surface area contributed by atoms with Crippen LogP contribution in [0, 0.1) is 0 Å². The van der Waals surface area contributed by atoms with Crippen molar-refractivity contribution in [2.75, 3.05) is 13.6 Å². The normalized spacial score (nSPS) is 19.5. The van der Waals surface area contributed by atoms with Crippen molar-refractivity contribution >= 4 is 11.9 Å². The van der Waals surface area contributed by atoms with Gasteiger partial charge in [0.2, 0.25) is 5.91 Å². The van der Waals surface area contributed by atoms with Crippen molar-refractivity contribution < 1.29 is 14.7 Å². The minimum atomic E-state index is -0.904. The van der Waals surface area contributed by atoms with Gasteiger partial charge >= 0.3 is 5.97 Å². The molecule has 5 nitrogen and oxygen atoms in total. The number of likely N-dealkylation sites (N-methyl/N-ethyl adjacent to an activating group) is 1. The van der Waals surface area contributed by atoms with Crippen molar-refractivity contribution in [2.24, 2.45) is 0 Å². The fourth-order valence-corrected chi connectivity index (χ4v) is 2.83. The Kier molecular flexibility index (Phi) is 5.33. The molecular weight excluding hydrogens is 268 g/mol. The lowest BCUT2D eigenvalue weighted by molar-refractivity contribution is -0.149. The highest BCUT2D eigenvalue weighted by Crippen LogP contribution is 2.19. The molecule has 0 aliphatic carbocycles. The van der Waals surface area contributed by atoms with Crippen LogP contribution in [0.4, 0.5) is 0 Å². The van der Waals surface area contributed by atoms with Crippen LogP contribution >= 0.6 is 0 Å².